The van der Waals surface area contributed by atoms with Gasteiger partial charge in [-0.2, -0.15) is 0 Å². The van der Waals surface area contributed by atoms with Crippen molar-refractivity contribution in [1.82, 2.24) is 9.88 Å². The first-order valence-electron chi connectivity index (χ1n) is 6.33. The normalized spacial score (nSPS) is 25.9. The van der Waals surface area contributed by atoms with Crippen molar-refractivity contribution in [3.63, 3.8) is 0 Å². The van der Waals surface area contributed by atoms with Crippen LogP contribution in [0.2, 0.25) is 0 Å². The summed E-state index contributed by atoms with van der Waals surface area (Å²) in [5.41, 5.74) is 1.30. The molecule has 1 fully saturated rings. The summed E-state index contributed by atoms with van der Waals surface area (Å²) in [7, 11) is 4.34. The minimum atomic E-state index is 0.678. The summed E-state index contributed by atoms with van der Waals surface area (Å²) in [6, 6.07) is 6.32. The molecule has 1 aromatic rings. The molecule has 88 valence electrons. The van der Waals surface area contributed by atoms with Gasteiger partial charge in [0, 0.05) is 24.4 Å². The lowest BCUT2D eigenvalue weighted by Gasteiger charge is -2.33. The first kappa shape index (κ1) is 11.6. The van der Waals surface area contributed by atoms with Crippen LogP contribution in [0.15, 0.2) is 24.4 Å². The Morgan fingerprint density at radius 1 is 1.25 bits per heavy atom. The largest absolute Gasteiger partial charge is 0.309 e. The zero-order valence-corrected chi connectivity index (χ0v) is 10.4. The maximum atomic E-state index is 4.54. The predicted octanol–water partition coefficient (Wildman–Crippen LogP) is 2.92. The third-order valence-corrected chi connectivity index (χ3v) is 3.58. The van der Waals surface area contributed by atoms with Gasteiger partial charge in [0.15, 0.2) is 0 Å². The van der Waals surface area contributed by atoms with Gasteiger partial charge in [-0.05, 0) is 45.0 Å². The van der Waals surface area contributed by atoms with Crippen molar-refractivity contribution in [2.75, 3.05) is 20.6 Å². The Morgan fingerprint density at radius 2 is 2.06 bits per heavy atom. The molecule has 2 rings (SSSR count). The molecule has 0 radical (unpaired) electrons. The maximum Gasteiger partial charge on any atom is 0.0437 e. The van der Waals surface area contributed by atoms with E-state index in [4.69, 9.17) is 0 Å². The molecule has 0 N–H and O–H groups in total. The fourth-order valence-corrected chi connectivity index (χ4v) is 2.88. The summed E-state index contributed by atoms with van der Waals surface area (Å²) in [6.45, 7) is 1.20. The third-order valence-electron chi connectivity index (χ3n) is 3.58. The van der Waals surface area contributed by atoms with Gasteiger partial charge in [-0.25, -0.2) is 0 Å². The van der Waals surface area contributed by atoms with Crippen LogP contribution in [-0.2, 0) is 0 Å². The van der Waals surface area contributed by atoms with Crippen LogP contribution in [0.25, 0.3) is 0 Å². The van der Waals surface area contributed by atoms with Gasteiger partial charge in [0.2, 0.25) is 0 Å². The van der Waals surface area contributed by atoms with E-state index in [2.05, 4.69) is 36.1 Å². The number of hydrogen-bond acceptors (Lipinski definition) is 2. The topological polar surface area (TPSA) is 16.1 Å². The van der Waals surface area contributed by atoms with Crippen LogP contribution in [0.3, 0.4) is 0 Å². The summed E-state index contributed by atoms with van der Waals surface area (Å²) >= 11 is 0. The Morgan fingerprint density at radius 3 is 2.75 bits per heavy atom. The molecule has 1 aliphatic rings. The lowest BCUT2D eigenvalue weighted by molar-refractivity contribution is 0.231. The van der Waals surface area contributed by atoms with E-state index in [0.717, 1.165) is 5.92 Å². The molecular formula is C14H22N2. The minimum Gasteiger partial charge on any atom is -0.309 e. The zero-order chi connectivity index (χ0) is 11.4. The summed E-state index contributed by atoms with van der Waals surface area (Å²) in [6.07, 6.45) is 7.36. The van der Waals surface area contributed by atoms with Gasteiger partial charge in [-0.15, -0.1) is 0 Å². The average Bonchev–Trinajstić information content (AvgIpc) is 2.30. The Bertz CT molecular complexity index is 308. The molecule has 0 amide bonds. The minimum absolute atomic E-state index is 0.678. The molecule has 2 heteroatoms. The van der Waals surface area contributed by atoms with E-state index in [1.807, 2.05) is 12.3 Å². The monoisotopic (exact) mass is 218 g/mol. The van der Waals surface area contributed by atoms with Crippen molar-refractivity contribution in [3.8, 4) is 0 Å². The van der Waals surface area contributed by atoms with Crippen molar-refractivity contribution >= 4 is 0 Å². The van der Waals surface area contributed by atoms with Crippen molar-refractivity contribution in [2.45, 2.75) is 31.6 Å². The molecule has 0 bridgehead atoms. The third kappa shape index (κ3) is 2.82. The molecule has 2 atom stereocenters. The van der Waals surface area contributed by atoms with Crippen molar-refractivity contribution in [1.29, 1.82) is 0 Å². The van der Waals surface area contributed by atoms with Crippen molar-refractivity contribution in [2.24, 2.45) is 5.92 Å². The standard InChI is InChI=1S/C14H22N2/c1-16(2)11-12-7-3-4-8-13(12)14-9-5-6-10-15-14/h5-6,9-10,12-13H,3-4,7-8,11H2,1-2H3. The molecule has 1 saturated carbocycles. The molecule has 2 nitrogen and oxygen atoms in total. The molecule has 1 heterocycles. The molecule has 0 saturated heterocycles. The highest BCUT2D eigenvalue weighted by atomic mass is 15.1. The van der Waals surface area contributed by atoms with Gasteiger partial charge in [0.05, 0.1) is 0 Å². The fourth-order valence-electron chi connectivity index (χ4n) is 2.88. The SMILES string of the molecule is CN(C)CC1CCCCC1c1ccccn1. The number of rotatable bonds is 3. The molecule has 1 aliphatic carbocycles. The zero-order valence-electron chi connectivity index (χ0n) is 10.4. The van der Waals surface area contributed by atoms with Crippen LogP contribution in [-0.4, -0.2) is 30.5 Å². The highest BCUT2D eigenvalue weighted by molar-refractivity contribution is 5.11. The Labute approximate surface area is 98.7 Å². The molecule has 16 heavy (non-hydrogen) atoms. The van der Waals surface area contributed by atoms with Crippen LogP contribution < -0.4 is 0 Å². The van der Waals surface area contributed by atoms with Gasteiger partial charge in [0.25, 0.3) is 0 Å². The van der Waals surface area contributed by atoms with E-state index in [0.29, 0.717) is 5.92 Å². The second-order valence-corrected chi connectivity index (χ2v) is 5.17. The highest BCUT2D eigenvalue weighted by Gasteiger charge is 2.27. The van der Waals surface area contributed by atoms with Gasteiger partial charge < -0.3 is 4.90 Å². The molecular weight excluding hydrogens is 196 g/mol. The lowest BCUT2D eigenvalue weighted by Crippen LogP contribution is -2.29. The van der Waals surface area contributed by atoms with Gasteiger partial charge >= 0.3 is 0 Å². The van der Waals surface area contributed by atoms with E-state index >= 15 is 0 Å². The lowest BCUT2D eigenvalue weighted by atomic mass is 9.77. The second kappa shape index (κ2) is 5.44. The summed E-state index contributed by atoms with van der Waals surface area (Å²) in [5, 5.41) is 0. The van der Waals surface area contributed by atoms with E-state index in [1.165, 1.54) is 37.9 Å². The average molecular weight is 218 g/mol. The number of hydrogen-bond donors (Lipinski definition) is 0. The van der Waals surface area contributed by atoms with Crippen LogP contribution in [0.1, 0.15) is 37.3 Å². The Balaban J connectivity index is 2.10. The van der Waals surface area contributed by atoms with Crippen LogP contribution in [0, 0.1) is 5.92 Å². The van der Waals surface area contributed by atoms with Gasteiger partial charge in [-0.3, -0.25) is 4.98 Å². The molecule has 0 spiro atoms. The second-order valence-electron chi connectivity index (χ2n) is 5.17. The molecule has 0 aromatic carbocycles. The number of aromatic nitrogens is 1. The van der Waals surface area contributed by atoms with E-state index in [-0.39, 0.29) is 0 Å². The van der Waals surface area contributed by atoms with Crippen molar-refractivity contribution < 1.29 is 0 Å². The van der Waals surface area contributed by atoms with Gasteiger partial charge in [-0.1, -0.05) is 18.9 Å². The van der Waals surface area contributed by atoms with Gasteiger partial charge in [0.1, 0.15) is 0 Å². The van der Waals surface area contributed by atoms with E-state index in [1.54, 1.807) is 0 Å². The summed E-state index contributed by atoms with van der Waals surface area (Å²) < 4.78 is 0. The van der Waals surface area contributed by atoms with Crippen LogP contribution >= 0.6 is 0 Å². The van der Waals surface area contributed by atoms with Crippen LogP contribution in [0.4, 0.5) is 0 Å². The number of nitrogens with zero attached hydrogens (tertiary/aromatic N) is 2. The maximum absolute atomic E-state index is 4.54. The first-order valence-corrected chi connectivity index (χ1v) is 6.33. The van der Waals surface area contributed by atoms with E-state index in [9.17, 15) is 0 Å². The smallest absolute Gasteiger partial charge is 0.0437 e. The highest BCUT2D eigenvalue weighted by Crippen LogP contribution is 2.36. The molecule has 2 unspecified atom stereocenters. The molecule has 1 aromatic heterocycles. The number of pyridine rings is 1. The Kier molecular flexibility index (Phi) is 3.94. The van der Waals surface area contributed by atoms with Crippen LogP contribution in [0.5, 0.6) is 0 Å². The van der Waals surface area contributed by atoms with E-state index < -0.39 is 0 Å². The first-order chi connectivity index (χ1) is 7.77. The summed E-state index contributed by atoms with van der Waals surface area (Å²) in [5.74, 6) is 1.47. The molecule has 0 aliphatic heterocycles. The predicted molar refractivity (Wildman–Crippen MR) is 67.5 cm³/mol. The quantitative estimate of drug-likeness (QED) is 0.775. The Hall–Kier alpha value is -0.890. The summed E-state index contributed by atoms with van der Waals surface area (Å²) in [4.78, 5) is 6.85. The fraction of sp³-hybridized carbons (Fsp3) is 0.643. The van der Waals surface area contributed by atoms with Crippen molar-refractivity contribution in [3.05, 3.63) is 30.1 Å².